The van der Waals surface area contributed by atoms with Crippen LogP contribution >= 0.6 is 0 Å². The first-order chi connectivity index (χ1) is 8.20. The molecule has 1 aromatic rings. The lowest BCUT2D eigenvalue weighted by Crippen LogP contribution is -2.38. The van der Waals surface area contributed by atoms with Gasteiger partial charge >= 0.3 is 5.97 Å². The first kappa shape index (κ1) is 13.2. The molecular formula is C12H15NO4. The molecule has 2 atom stereocenters. The zero-order chi connectivity index (χ0) is 12.7. The number of carbonyl (C=O) groups excluding carboxylic acids is 1. The van der Waals surface area contributed by atoms with Crippen molar-refractivity contribution in [2.45, 2.75) is 19.1 Å². The van der Waals surface area contributed by atoms with Crippen molar-refractivity contribution in [2.75, 3.05) is 6.61 Å². The molecule has 0 bridgehead atoms. The molecule has 2 N–H and O–H groups in total. The third kappa shape index (κ3) is 3.57. The Kier molecular flexibility index (Phi) is 5.16. The zero-order valence-electron chi connectivity index (χ0n) is 9.50. The van der Waals surface area contributed by atoms with Crippen LogP contribution in [0.4, 0.5) is 0 Å². The number of amides is 1. The number of carbonyl (C=O) groups is 2. The average Bonchev–Trinajstić information content (AvgIpc) is 2.34. The Morgan fingerprint density at radius 3 is 2.59 bits per heavy atom. The summed E-state index contributed by atoms with van der Waals surface area (Å²) in [5.74, 6) is -1.10. The summed E-state index contributed by atoms with van der Waals surface area (Å²) in [7, 11) is 0. The molecule has 0 saturated carbocycles. The van der Waals surface area contributed by atoms with E-state index in [2.05, 4.69) is 5.32 Å². The number of benzene rings is 1. The lowest BCUT2D eigenvalue weighted by atomic mass is 10.0. The maximum atomic E-state index is 11.1. The number of carboxylic acid groups (broad SMARTS) is 1. The van der Waals surface area contributed by atoms with Crippen LogP contribution in [0.2, 0.25) is 0 Å². The number of ether oxygens (including phenoxy) is 1. The van der Waals surface area contributed by atoms with Crippen molar-refractivity contribution in [1.29, 1.82) is 0 Å². The van der Waals surface area contributed by atoms with E-state index in [-0.39, 0.29) is 6.61 Å². The molecule has 0 radical (unpaired) electrons. The van der Waals surface area contributed by atoms with Crippen molar-refractivity contribution in [3.8, 4) is 0 Å². The molecule has 0 aromatic heterocycles. The highest BCUT2D eigenvalue weighted by atomic mass is 16.5. The van der Waals surface area contributed by atoms with E-state index in [4.69, 9.17) is 9.84 Å². The summed E-state index contributed by atoms with van der Waals surface area (Å²) >= 11 is 0. The highest BCUT2D eigenvalue weighted by Crippen LogP contribution is 2.19. The van der Waals surface area contributed by atoms with E-state index in [1.54, 1.807) is 31.2 Å². The third-order valence-corrected chi connectivity index (χ3v) is 2.30. The van der Waals surface area contributed by atoms with Crippen LogP contribution in [0.5, 0.6) is 0 Å². The molecular weight excluding hydrogens is 222 g/mol. The van der Waals surface area contributed by atoms with Crippen LogP contribution in [0.1, 0.15) is 18.5 Å². The van der Waals surface area contributed by atoms with Crippen LogP contribution in [0.3, 0.4) is 0 Å². The third-order valence-electron chi connectivity index (χ3n) is 2.30. The molecule has 0 heterocycles. The second-order valence-electron chi connectivity index (χ2n) is 3.39. The lowest BCUT2D eigenvalue weighted by Gasteiger charge is -2.23. The Morgan fingerprint density at radius 1 is 1.47 bits per heavy atom. The van der Waals surface area contributed by atoms with Gasteiger partial charge in [-0.1, -0.05) is 30.3 Å². The van der Waals surface area contributed by atoms with E-state index >= 15 is 0 Å². The maximum Gasteiger partial charge on any atom is 0.335 e. The monoisotopic (exact) mass is 237 g/mol. The van der Waals surface area contributed by atoms with E-state index < -0.39 is 18.1 Å². The SMILES string of the molecule is CCOC(C(=O)O)C(NC=O)c1ccccc1. The van der Waals surface area contributed by atoms with Gasteiger partial charge in [0.25, 0.3) is 0 Å². The van der Waals surface area contributed by atoms with E-state index in [1.807, 2.05) is 6.07 Å². The summed E-state index contributed by atoms with van der Waals surface area (Å²) in [4.78, 5) is 21.7. The first-order valence-electron chi connectivity index (χ1n) is 5.29. The van der Waals surface area contributed by atoms with Crippen LogP contribution in [0.25, 0.3) is 0 Å². The van der Waals surface area contributed by atoms with Gasteiger partial charge in [0.15, 0.2) is 6.10 Å². The van der Waals surface area contributed by atoms with Gasteiger partial charge in [0.2, 0.25) is 6.41 Å². The maximum absolute atomic E-state index is 11.1. The molecule has 0 fully saturated rings. The number of aliphatic carboxylic acids is 1. The molecule has 0 aliphatic carbocycles. The van der Waals surface area contributed by atoms with Crippen molar-refractivity contribution < 1.29 is 19.4 Å². The molecule has 0 spiro atoms. The average molecular weight is 237 g/mol. The summed E-state index contributed by atoms with van der Waals surface area (Å²) in [6.07, 6.45) is -0.611. The summed E-state index contributed by atoms with van der Waals surface area (Å²) in [5, 5.41) is 11.6. The Balaban J connectivity index is 2.97. The van der Waals surface area contributed by atoms with Gasteiger partial charge in [0.1, 0.15) is 0 Å². The number of carboxylic acids is 1. The molecule has 1 rings (SSSR count). The van der Waals surface area contributed by atoms with E-state index in [0.29, 0.717) is 12.0 Å². The second-order valence-corrected chi connectivity index (χ2v) is 3.39. The summed E-state index contributed by atoms with van der Waals surface area (Å²) in [5.41, 5.74) is 0.695. The molecule has 1 aromatic carbocycles. The number of hydrogen-bond acceptors (Lipinski definition) is 3. The quantitative estimate of drug-likeness (QED) is 0.693. The van der Waals surface area contributed by atoms with Gasteiger partial charge in [-0.05, 0) is 12.5 Å². The molecule has 1 amide bonds. The van der Waals surface area contributed by atoms with Gasteiger partial charge in [-0.3, -0.25) is 4.79 Å². The number of rotatable bonds is 7. The summed E-state index contributed by atoms with van der Waals surface area (Å²) in [6, 6.07) is 8.18. The van der Waals surface area contributed by atoms with Crippen LogP contribution in [0, 0.1) is 0 Å². The Morgan fingerprint density at radius 2 is 2.12 bits per heavy atom. The standard InChI is InChI=1S/C12H15NO4/c1-2-17-11(12(15)16)10(13-8-14)9-6-4-3-5-7-9/h3-8,10-11H,2H2,1H3,(H,13,14)(H,15,16). The lowest BCUT2D eigenvalue weighted by molar-refractivity contribution is -0.152. The predicted molar refractivity (Wildman–Crippen MR) is 61.4 cm³/mol. The minimum Gasteiger partial charge on any atom is -0.479 e. The molecule has 17 heavy (non-hydrogen) atoms. The Hall–Kier alpha value is -1.88. The largest absolute Gasteiger partial charge is 0.479 e. The van der Waals surface area contributed by atoms with Gasteiger partial charge < -0.3 is 15.2 Å². The van der Waals surface area contributed by atoms with Crippen LogP contribution < -0.4 is 5.32 Å². The fourth-order valence-electron chi connectivity index (χ4n) is 1.58. The molecule has 5 nitrogen and oxygen atoms in total. The van der Waals surface area contributed by atoms with Crippen LogP contribution in [-0.2, 0) is 14.3 Å². The zero-order valence-corrected chi connectivity index (χ0v) is 9.50. The summed E-state index contributed by atoms with van der Waals surface area (Å²) < 4.78 is 5.15. The Bertz CT molecular complexity index is 366. The minimum absolute atomic E-state index is 0.265. The molecule has 0 aliphatic heterocycles. The normalized spacial score (nSPS) is 13.7. The minimum atomic E-state index is -1.10. The van der Waals surface area contributed by atoms with Gasteiger partial charge in [0, 0.05) is 6.61 Å². The predicted octanol–water partition coefficient (Wildman–Crippen LogP) is 0.963. The molecule has 2 unspecified atom stereocenters. The van der Waals surface area contributed by atoms with Crippen molar-refractivity contribution in [3.05, 3.63) is 35.9 Å². The van der Waals surface area contributed by atoms with E-state index in [9.17, 15) is 9.59 Å². The van der Waals surface area contributed by atoms with Crippen molar-refractivity contribution in [1.82, 2.24) is 5.32 Å². The topological polar surface area (TPSA) is 75.6 Å². The second kappa shape index (κ2) is 6.65. The van der Waals surface area contributed by atoms with Gasteiger partial charge in [0.05, 0.1) is 6.04 Å². The van der Waals surface area contributed by atoms with Gasteiger partial charge in [-0.15, -0.1) is 0 Å². The highest BCUT2D eigenvalue weighted by molar-refractivity contribution is 5.74. The highest BCUT2D eigenvalue weighted by Gasteiger charge is 2.29. The summed E-state index contributed by atoms with van der Waals surface area (Å²) in [6.45, 7) is 1.97. The van der Waals surface area contributed by atoms with Crippen LogP contribution in [0.15, 0.2) is 30.3 Å². The molecule has 92 valence electrons. The fraction of sp³-hybridized carbons (Fsp3) is 0.333. The van der Waals surface area contributed by atoms with Crippen molar-refractivity contribution >= 4 is 12.4 Å². The molecule has 0 aliphatic rings. The Labute approximate surface area is 99.4 Å². The smallest absolute Gasteiger partial charge is 0.335 e. The number of nitrogens with one attached hydrogen (secondary N) is 1. The van der Waals surface area contributed by atoms with Crippen LogP contribution in [-0.4, -0.2) is 30.2 Å². The molecule has 0 saturated heterocycles. The van der Waals surface area contributed by atoms with Gasteiger partial charge in [-0.2, -0.15) is 0 Å². The van der Waals surface area contributed by atoms with Crippen molar-refractivity contribution in [2.24, 2.45) is 0 Å². The number of hydrogen-bond donors (Lipinski definition) is 2. The van der Waals surface area contributed by atoms with Crippen molar-refractivity contribution in [3.63, 3.8) is 0 Å². The van der Waals surface area contributed by atoms with E-state index in [0.717, 1.165) is 0 Å². The molecule has 5 heteroatoms. The fourth-order valence-corrected chi connectivity index (χ4v) is 1.58. The van der Waals surface area contributed by atoms with E-state index in [1.165, 1.54) is 0 Å². The first-order valence-corrected chi connectivity index (χ1v) is 5.29. The van der Waals surface area contributed by atoms with Gasteiger partial charge in [-0.25, -0.2) is 4.79 Å².